The Kier molecular flexibility index (Phi) is 5.19. The van der Waals surface area contributed by atoms with Crippen LogP contribution in [0.15, 0.2) is 66.1 Å². The summed E-state index contributed by atoms with van der Waals surface area (Å²) < 4.78 is 0. The van der Waals surface area contributed by atoms with E-state index in [2.05, 4.69) is 18.0 Å². The van der Waals surface area contributed by atoms with Crippen LogP contribution in [0.5, 0.6) is 0 Å². The van der Waals surface area contributed by atoms with Crippen molar-refractivity contribution in [1.29, 1.82) is 5.26 Å². The third-order valence-electron chi connectivity index (χ3n) is 2.74. The molecule has 1 N–H and O–H groups in total. The van der Waals surface area contributed by atoms with Gasteiger partial charge < -0.3 is 5.32 Å². The van der Waals surface area contributed by atoms with E-state index in [0.717, 1.165) is 10.6 Å². The summed E-state index contributed by atoms with van der Waals surface area (Å²) in [5.74, 6) is 0.561. The van der Waals surface area contributed by atoms with Crippen molar-refractivity contribution < 1.29 is 4.79 Å². The van der Waals surface area contributed by atoms with Gasteiger partial charge in [0.05, 0.1) is 17.2 Å². The number of hydrogen-bond donors (Lipinski definition) is 1. The summed E-state index contributed by atoms with van der Waals surface area (Å²) in [7, 11) is 0. The summed E-state index contributed by atoms with van der Waals surface area (Å²) in [5.41, 5.74) is 1.75. The number of anilines is 1. The van der Waals surface area contributed by atoms with Crippen LogP contribution >= 0.6 is 11.8 Å². The fraction of sp³-hybridized carbons (Fsp3) is 0.0588. The van der Waals surface area contributed by atoms with Gasteiger partial charge in [-0.15, -0.1) is 18.3 Å². The lowest BCUT2D eigenvalue weighted by atomic mass is 10.2. The van der Waals surface area contributed by atoms with E-state index in [1.807, 2.05) is 18.2 Å². The lowest BCUT2D eigenvalue weighted by Gasteiger charge is -2.09. The molecule has 2 aromatic rings. The molecule has 0 saturated carbocycles. The van der Waals surface area contributed by atoms with Gasteiger partial charge in [-0.2, -0.15) is 5.26 Å². The number of carbonyl (C=O) groups is 1. The zero-order chi connectivity index (χ0) is 15.1. The third kappa shape index (κ3) is 3.98. The van der Waals surface area contributed by atoms with Crippen molar-refractivity contribution in [2.75, 3.05) is 11.1 Å². The number of amides is 1. The number of nitriles is 1. The molecule has 0 saturated heterocycles. The van der Waals surface area contributed by atoms with E-state index >= 15 is 0 Å². The summed E-state index contributed by atoms with van der Waals surface area (Å²) >= 11 is 1.56. The van der Waals surface area contributed by atoms with E-state index in [4.69, 9.17) is 5.26 Å². The average Bonchev–Trinajstić information content (AvgIpc) is 2.53. The molecular formula is C17H14N2OS. The highest BCUT2D eigenvalue weighted by Gasteiger charge is 2.11. The van der Waals surface area contributed by atoms with Crippen LogP contribution in [0, 0.1) is 11.3 Å². The molecule has 0 aliphatic rings. The molecule has 2 aromatic carbocycles. The predicted octanol–water partition coefficient (Wildman–Crippen LogP) is 4.09. The Bertz CT molecular complexity index is 704. The van der Waals surface area contributed by atoms with Gasteiger partial charge in [-0.3, -0.25) is 4.79 Å². The molecule has 0 aliphatic carbocycles. The van der Waals surface area contributed by atoms with Crippen molar-refractivity contribution in [2.45, 2.75) is 4.90 Å². The van der Waals surface area contributed by atoms with Gasteiger partial charge in [-0.05, 0) is 30.3 Å². The topological polar surface area (TPSA) is 52.9 Å². The molecule has 3 nitrogen and oxygen atoms in total. The predicted molar refractivity (Wildman–Crippen MR) is 86.5 cm³/mol. The fourth-order valence-electron chi connectivity index (χ4n) is 1.79. The Hall–Kier alpha value is -2.51. The minimum absolute atomic E-state index is 0.183. The number of carbonyl (C=O) groups excluding carboxylic acids is 1. The smallest absolute Gasteiger partial charge is 0.256 e. The Balaban J connectivity index is 2.20. The number of nitrogens with zero attached hydrogens (tertiary/aromatic N) is 1. The lowest BCUT2D eigenvalue weighted by molar-refractivity contribution is 0.102. The number of rotatable bonds is 5. The maximum atomic E-state index is 12.4. The molecule has 0 fully saturated rings. The maximum absolute atomic E-state index is 12.4. The second-order valence-corrected chi connectivity index (χ2v) is 5.30. The lowest BCUT2D eigenvalue weighted by Crippen LogP contribution is -2.13. The van der Waals surface area contributed by atoms with Crippen LogP contribution < -0.4 is 5.32 Å². The van der Waals surface area contributed by atoms with E-state index in [1.54, 1.807) is 48.2 Å². The SMILES string of the molecule is C=CCSc1ccccc1C(=O)Nc1cccc(C#N)c1. The van der Waals surface area contributed by atoms with Crippen molar-refractivity contribution in [3.05, 3.63) is 72.3 Å². The molecule has 0 atom stereocenters. The number of hydrogen-bond acceptors (Lipinski definition) is 3. The summed E-state index contributed by atoms with van der Waals surface area (Å²) in [5, 5.41) is 11.7. The largest absolute Gasteiger partial charge is 0.322 e. The van der Waals surface area contributed by atoms with Crippen LogP contribution in [0.3, 0.4) is 0 Å². The zero-order valence-electron chi connectivity index (χ0n) is 11.4. The Morgan fingerprint density at radius 2 is 2.10 bits per heavy atom. The molecule has 0 heterocycles. The zero-order valence-corrected chi connectivity index (χ0v) is 12.2. The van der Waals surface area contributed by atoms with Crippen molar-refractivity contribution in [3.63, 3.8) is 0 Å². The maximum Gasteiger partial charge on any atom is 0.256 e. The Morgan fingerprint density at radius 1 is 1.29 bits per heavy atom. The van der Waals surface area contributed by atoms with Gasteiger partial charge >= 0.3 is 0 Å². The highest BCUT2D eigenvalue weighted by molar-refractivity contribution is 7.99. The van der Waals surface area contributed by atoms with Crippen LogP contribution in [0.25, 0.3) is 0 Å². The van der Waals surface area contributed by atoms with E-state index < -0.39 is 0 Å². The first-order chi connectivity index (χ1) is 10.2. The second kappa shape index (κ2) is 7.32. The Morgan fingerprint density at radius 3 is 2.86 bits per heavy atom. The summed E-state index contributed by atoms with van der Waals surface area (Å²) in [6.45, 7) is 3.69. The molecule has 0 bridgehead atoms. The number of thioether (sulfide) groups is 1. The van der Waals surface area contributed by atoms with Gasteiger partial charge in [-0.25, -0.2) is 0 Å². The fourth-order valence-corrected chi connectivity index (χ4v) is 2.58. The molecule has 0 aromatic heterocycles. The molecule has 4 heteroatoms. The molecule has 0 unspecified atom stereocenters. The normalized spacial score (nSPS) is 9.67. The summed E-state index contributed by atoms with van der Waals surface area (Å²) in [4.78, 5) is 13.3. The van der Waals surface area contributed by atoms with Crippen LogP contribution in [0.4, 0.5) is 5.69 Å². The molecule has 21 heavy (non-hydrogen) atoms. The monoisotopic (exact) mass is 294 g/mol. The van der Waals surface area contributed by atoms with Gasteiger partial charge in [0, 0.05) is 16.3 Å². The first kappa shape index (κ1) is 14.9. The van der Waals surface area contributed by atoms with Gasteiger partial charge in [0.2, 0.25) is 0 Å². The molecular weight excluding hydrogens is 280 g/mol. The minimum atomic E-state index is -0.183. The van der Waals surface area contributed by atoms with Crippen LogP contribution in [0.2, 0.25) is 0 Å². The van der Waals surface area contributed by atoms with E-state index in [1.165, 1.54) is 0 Å². The third-order valence-corrected chi connectivity index (χ3v) is 3.81. The van der Waals surface area contributed by atoms with E-state index in [-0.39, 0.29) is 5.91 Å². The quantitative estimate of drug-likeness (QED) is 0.667. The van der Waals surface area contributed by atoms with Crippen LogP contribution in [-0.4, -0.2) is 11.7 Å². The molecule has 1 amide bonds. The second-order valence-electron chi connectivity index (χ2n) is 4.24. The molecule has 104 valence electrons. The van der Waals surface area contributed by atoms with E-state index in [0.29, 0.717) is 16.8 Å². The van der Waals surface area contributed by atoms with Crippen molar-refractivity contribution in [2.24, 2.45) is 0 Å². The highest BCUT2D eigenvalue weighted by Crippen LogP contribution is 2.23. The van der Waals surface area contributed by atoms with Gasteiger partial charge in [-0.1, -0.05) is 24.3 Å². The average molecular weight is 294 g/mol. The summed E-state index contributed by atoms with van der Waals surface area (Å²) in [6, 6.07) is 16.3. The van der Waals surface area contributed by atoms with Gasteiger partial charge in [0.25, 0.3) is 5.91 Å². The van der Waals surface area contributed by atoms with Crippen LogP contribution in [-0.2, 0) is 0 Å². The van der Waals surface area contributed by atoms with Gasteiger partial charge in [0.1, 0.15) is 0 Å². The first-order valence-electron chi connectivity index (χ1n) is 6.39. The van der Waals surface area contributed by atoms with Crippen molar-refractivity contribution >= 4 is 23.4 Å². The van der Waals surface area contributed by atoms with Crippen molar-refractivity contribution in [3.8, 4) is 6.07 Å². The highest BCUT2D eigenvalue weighted by atomic mass is 32.2. The first-order valence-corrected chi connectivity index (χ1v) is 7.37. The van der Waals surface area contributed by atoms with Crippen LogP contribution in [0.1, 0.15) is 15.9 Å². The summed E-state index contributed by atoms with van der Waals surface area (Å²) in [6.07, 6.45) is 1.80. The van der Waals surface area contributed by atoms with Gasteiger partial charge in [0.15, 0.2) is 0 Å². The number of nitrogens with one attached hydrogen (secondary N) is 1. The molecule has 0 aliphatic heterocycles. The minimum Gasteiger partial charge on any atom is -0.322 e. The molecule has 0 spiro atoms. The molecule has 2 rings (SSSR count). The Labute approximate surface area is 128 Å². The van der Waals surface area contributed by atoms with E-state index in [9.17, 15) is 4.79 Å². The number of benzene rings is 2. The van der Waals surface area contributed by atoms with Crippen molar-refractivity contribution in [1.82, 2.24) is 0 Å². The standard InChI is InChI=1S/C17H14N2OS/c1-2-10-21-16-9-4-3-8-15(16)17(20)19-14-7-5-6-13(11-14)12-18/h2-9,11H,1,10H2,(H,19,20). The molecule has 0 radical (unpaired) electrons.